The molecule has 0 aliphatic carbocycles. The topological polar surface area (TPSA) is 68.7 Å². The monoisotopic (exact) mass is 476 g/mol. The van der Waals surface area contributed by atoms with Crippen LogP contribution in [0.3, 0.4) is 0 Å². The lowest BCUT2D eigenvalue weighted by atomic mass is 10.2. The van der Waals surface area contributed by atoms with Crippen LogP contribution < -0.4 is 9.64 Å². The second kappa shape index (κ2) is 10.7. The molecule has 0 saturated carbocycles. The number of amides is 1. The van der Waals surface area contributed by atoms with Gasteiger partial charge >= 0.3 is 5.97 Å². The molecule has 1 amide bonds. The molecule has 3 aromatic carbocycles. The van der Waals surface area contributed by atoms with E-state index in [4.69, 9.17) is 9.47 Å². The van der Waals surface area contributed by atoms with Gasteiger partial charge in [-0.3, -0.25) is 9.69 Å². The first kappa shape index (κ1) is 23.1. The summed E-state index contributed by atoms with van der Waals surface area (Å²) < 4.78 is 24.3. The van der Waals surface area contributed by atoms with Gasteiger partial charge in [0.25, 0.3) is 0 Å². The van der Waals surface area contributed by atoms with Gasteiger partial charge in [0.1, 0.15) is 30.3 Å². The van der Waals surface area contributed by atoms with Gasteiger partial charge in [-0.1, -0.05) is 42.5 Å². The summed E-state index contributed by atoms with van der Waals surface area (Å²) >= 11 is 1.29. The zero-order valence-corrected chi connectivity index (χ0v) is 19.1. The Hall–Kier alpha value is -4.04. The zero-order valence-electron chi connectivity index (χ0n) is 18.3. The summed E-state index contributed by atoms with van der Waals surface area (Å²) in [5, 5.41) is 2.24. The molecule has 34 heavy (non-hydrogen) atoms. The molecular formula is C26H21FN2O4S. The van der Waals surface area contributed by atoms with E-state index in [9.17, 15) is 14.0 Å². The average Bonchev–Trinajstić information content (AvgIpc) is 3.31. The minimum Gasteiger partial charge on any atom is -0.488 e. The third-order valence-electron chi connectivity index (χ3n) is 4.83. The van der Waals surface area contributed by atoms with Gasteiger partial charge in [-0.2, -0.15) is 0 Å². The number of hydrogen-bond acceptors (Lipinski definition) is 6. The first-order chi connectivity index (χ1) is 16.5. The second-order valence-electron chi connectivity index (χ2n) is 7.30. The summed E-state index contributed by atoms with van der Waals surface area (Å²) in [5.74, 6) is -0.692. The Balaban J connectivity index is 1.41. The molecular weight excluding hydrogens is 455 g/mol. The Kier molecular flexibility index (Phi) is 7.29. The summed E-state index contributed by atoms with van der Waals surface area (Å²) in [6.07, 6.45) is 0. The minimum absolute atomic E-state index is 0.0534. The van der Waals surface area contributed by atoms with Crippen molar-refractivity contribution in [2.24, 2.45) is 0 Å². The van der Waals surface area contributed by atoms with Crippen LogP contribution in [0, 0.1) is 5.82 Å². The summed E-state index contributed by atoms with van der Waals surface area (Å²) in [5.41, 5.74) is 2.28. The van der Waals surface area contributed by atoms with Crippen LogP contribution in [0.2, 0.25) is 0 Å². The predicted octanol–water partition coefficient (Wildman–Crippen LogP) is 5.90. The summed E-state index contributed by atoms with van der Waals surface area (Å²) in [7, 11) is 0. The number of hydrogen-bond donors (Lipinski definition) is 0. The number of anilines is 2. The van der Waals surface area contributed by atoms with Crippen LogP contribution in [-0.4, -0.2) is 16.9 Å². The summed E-state index contributed by atoms with van der Waals surface area (Å²) in [6, 6.07) is 21.9. The molecule has 0 saturated heterocycles. The van der Waals surface area contributed by atoms with Crippen LogP contribution in [-0.2, 0) is 22.7 Å². The Morgan fingerprint density at radius 1 is 0.941 bits per heavy atom. The van der Waals surface area contributed by atoms with Gasteiger partial charge in [0, 0.05) is 12.3 Å². The van der Waals surface area contributed by atoms with E-state index in [-0.39, 0.29) is 30.5 Å². The maximum absolute atomic E-state index is 13.1. The summed E-state index contributed by atoms with van der Waals surface area (Å²) in [6.45, 7) is 1.60. The normalized spacial score (nSPS) is 10.5. The van der Waals surface area contributed by atoms with Gasteiger partial charge in [-0.15, -0.1) is 11.3 Å². The standard InChI is InChI=1S/C26H21FN2O4S/c1-18(30)29(22-7-3-2-4-8-22)26-28-21(17-34-26)16-33-25(31)23-9-5-6-10-24(23)32-15-19-11-13-20(27)14-12-19/h2-14,17H,15-16H2,1H3. The van der Waals surface area contributed by atoms with E-state index in [1.807, 2.05) is 30.3 Å². The highest BCUT2D eigenvalue weighted by Crippen LogP contribution is 2.29. The molecule has 6 nitrogen and oxygen atoms in total. The zero-order chi connectivity index (χ0) is 23.9. The van der Waals surface area contributed by atoms with Gasteiger partial charge in [0.15, 0.2) is 5.13 Å². The van der Waals surface area contributed by atoms with Crippen molar-refractivity contribution in [2.75, 3.05) is 4.90 Å². The van der Waals surface area contributed by atoms with Crippen LogP contribution >= 0.6 is 11.3 Å². The number of carbonyl (C=O) groups is 2. The first-order valence-electron chi connectivity index (χ1n) is 10.4. The fourth-order valence-corrected chi connectivity index (χ4v) is 4.06. The van der Waals surface area contributed by atoms with Crippen molar-refractivity contribution in [3.8, 4) is 5.75 Å². The predicted molar refractivity (Wildman–Crippen MR) is 128 cm³/mol. The number of halogens is 1. The number of carbonyl (C=O) groups excluding carboxylic acids is 2. The van der Waals surface area contributed by atoms with Gasteiger partial charge in [0.05, 0.1) is 11.4 Å². The van der Waals surface area contributed by atoms with Gasteiger partial charge < -0.3 is 9.47 Å². The molecule has 0 radical (unpaired) electrons. The molecule has 1 heterocycles. The molecule has 0 unspecified atom stereocenters. The Morgan fingerprint density at radius 3 is 2.38 bits per heavy atom. The number of benzene rings is 3. The largest absolute Gasteiger partial charge is 0.488 e. The van der Waals surface area contributed by atoms with Crippen LogP contribution in [0.25, 0.3) is 0 Å². The number of thiazole rings is 1. The van der Waals surface area contributed by atoms with Gasteiger partial charge in [0.2, 0.25) is 5.91 Å². The van der Waals surface area contributed by atoms with Crippen molar-refractivity contribution < 1.29 is 23.5 Å². The Labute approximate surface area is 200 Å². The van der Waals surface area contributed by atoms with E-state index in [1.54, 1.807) is 41.8 Å². The van der Waals surface area contributed by atoms with Crippen molar-refractivity contribution in [3.63, 3.8) is 0 Å². The second-order valence-corrected chi connectivity index (χ2v) is 8.14. The number of ether oxygens (including phenoxy) is 2. The van der Waals surface area contributed by atoms with Crippen molar-refractivity contribution in [3.05, 3.63) is 107 Å². The smallest absolute Gasteiger partial charge is 0.342 e. The molecule has 0 N–H and O–H groups in total. The third kappa shape index (κ3) is 5.65. The molecule has 1 aromatic heterocycles. The summed E-state index contributed by atoms with van der Waals surface area (Å²) in [4.78, 5) is 30.9. The van der Waals surface area contributed by atoms with Crippen LogP contribution in [0.5, 0.6) is 5.75 Å². The molecule has 0 spiro atoms. The molecule has 0 atom stereocenters. The Bertz CT molecular complexity index is 1280. The minimum atomic E-state index is -0.560. The van der Waals surface area contributed by atoms with E-state index in [1.165, 1.54) is 35.3 Å². The molecule has 0 aliphatic heterocycles. The molecule has 172 valence electrons. The third-order valence-corrected chi connectivity index (χ3v) is 5.70. The molecule has 4 rings (SSSR count). The van der Waals surface area contributed by atoms with Gasteiger partial charge in [-0.25, -0.2) is 14.2 Å². The fraction of sp³-hybridized carbons (Fsp3) is 0.115. The molecule has 0 bridgehead atoms. The van der Waals surface area contributed by atoms with Crippen molar-refractivity contribution in [1.29, 1.82) is 0 Å². The molecule has 4 aromatic rings. The highest BCUT2D eigenvalue weighted by Gasteiger charge is 2.19. The lowest BCUT2D eigenvalue weighted by Crippen LogP contribution is -2.22. The molecule has 0 fully saturated rings. The van der Waals surface area contributed by atoms with E-state index in [2.05, 4.69) is 4.98 Å². The van der Waals surface area contributed by atoms with Crippen LogP contribution in [0.4, 0.5) is 15.2 Å². The number of nitrogens with zero attached hydrogens (tertiary/aromatic N) is 2. The SMILES string of the molecule is CC(=O)N(c1ccccc1)c1nc(COC(=O)c2ccccc2OCc2ccc(F)cc2)cs1. The van der Waals surface area contributed by atoms with Gasteiger partial charge in [-0.05, 0) is 42.0 Å². The maximum atomic E-state index is 13.1. The molecule has 0 aliphatic rings. The fourth-order valence-electron chi connectivity index (χ4n) is 3.19. The number of esters is 1. The van der Waals surface area contributed by atoms with Crippen molar-refractivity contribution in [2.45, 2.75) is 20.1 Å². The van der Waals surface area contributed by atoms with Crippen LogP contribution in [0.15, 0.2) is 84.2 Å². The number of para-hydroxylation sites is 2. The lowest BCUT2D eigenvalue weighted by Gasteiger charge is -2.17. The highest BCUT2D eigenvalue weighted by atomic mass is 32.1. The van der Waals surface area contributed by atoms with E-state index in [0.717, 1.165) is 5.56 Å². The van der Waals surface area contributed by atoms with Crippen LogP contribution in [0.1, 0.15) is 28.5 Å². The molecule has 8 heteroatoms. The first-order valence-corrected chi connectivity index (χ1v) is 11.3. The maximum Gasteiger partial charge on any atom is 0.342 e. The number of aromatic nitrogens is 1. The van der Waals surface area contributed by atoms with Crippen molar-refractivity contribution >= 4 is 34.0 Å². The highest BCUT2D eigenvalue weighted by molar-refractivity contribution is 7.14. The van der Waals surface area contributed by atoms with E-state index in [0.29, 0.717) is 22.3 Å². The van der Waals surface area contributed by atoms with Crippen molar-refractivity contribution in [1.82, 2.24) is 4.98 Å². The van der Waals surface area contributed by atoms with E-state index >= 15 is 0 Å². The van der Waals surface area contributed by atoms with E-state index < -0.39 is 5.97 Å². The lowest BCUT2D eigenvalue weighted by molar-refractivity contribution is -0.115. The number of rotatable bonds is 8. The average molecular weight is 477 g/mol. The quantitative estimate of drug-likeness (QED) is 0.296. The Morgan fingerprint density at radius 2 is 1.65 bits per heavy atom.